The van der Waals surface area contributed by atoms with E-state index >= 15 is 0 Å². The monoisotopic (exact) mass is 214 g/mol. The minimum atomic E-state index is -1.52. The van der Waals surface area contributed by atoms with E-state index in [1.165, 1.54) is 20.0 Å². The van der Waals surface area contributed by atoms with Gasteiger partial charge in [-0.3, -0.25) is 4.79 Å². The SMILES string of the molecule is CC(Cc1cnc(C(C)(C)F)[nH]1)C(=O)O. The Morgan fingerprint density at radius 1 is 1.73 bits per heavy atom. The Kier molecular flexibility index (Phi) is 3.12. The highest BCUT2D eigenvalue weighted by Crippen LogP contribution is 2.21. The van der Waals surface area contributed by atoms with Crippen LogP contribution in [0, 0.1) is 5.92 Å². The number of alkyl halides is 1. The van der Waals surface area contributed by atoms with Crippen molar-refractivity contribution in [2.24, 2.45) is 5.92 Å². The maximum Gasteiger partial charge on any atom is 0.306 e. The van der Waals surface area contributed by atoms with Crippen molar-refractivity contribution in [1.82, 2.24) is 9.97 Å². The molecule has 1 aromatic heterocycles. The Hall–Kier alpha value is -1.39. The van der Waals surface area contributed by atoms with Gasteiger partial charge in [-0.2, -0.15) is 0 Å². The molecule has 5 heteroatoms. The van der Waals surface area contributed by atoms with E-state index in [1.807, 2.05) is 0 Å². The van der Waals surface area contributed by atoms with Crippen LogP contribution >= 0.6 is 0 Å². The van der Waals surface area contributed by atoms with Gasteiger partial charge in [0, 0.05) is 18.3 Å². The van der Waals surface area contributed by atoms with E-state index < -0.39 is 17.6 Å². The summed E-state index contributed by atoms with van der Waals surface area (Å²) in [5.74, 6) is -1.14. The van der Waals surface area contributed by atoms with Crippen molar-refractivity contribution in [3.05, 3.63) is 17.7 Å². The van der Waals surface area contributed by atoms with Crippen LogP contribution in [0.3, 0.4) is 0 Å². The summed E-state index contributed by atoms with van der Waals surface area (Å²) in [6.07, 6.45) is 1.81. The number of aromatic nitrogens is 2. The highest BCUT2D eigenvalue weighted by atomic mass is 19.1. The summed E-state index contributed by atoms with van der Waals surface area (Å²) in [6.45, 7) is 4.40. The minimum absolute atomic E-state index is 0.232. The van der Waals surface area contributed by atoms with E-state index in [0.29, 0.717) is 12.1 Å². The molecule has 1 atom stereocenters. The van der Waals surface area contributed by atoms with Crippen LogP contribution in [0.4, 0.5) is 4.39 Å². The lowest BCUT2D eigenvalue weighted by Crippen LogP contribution is -2.14. The van der Waals surface area contributed by atoms with Crippen molar-refractivity contribution in [2.75, 3.05) is 0 Å². The molecule has 0 amide bonds. The number of H-pyrrole nitrogens is 1. The van der Waals surface area contributed by atoms with Gasteiger partial charge in [0.1, 0.15) is 5.82 Å². The number of nitrogens with zero attached hydrogens (tertiary/aromatic N) is 1. The Bertz CT molecular complexity index is 355. The topological polar surface area (TPSA) is 66.0 Å². The molecule has 0 aliphatic heterocycles. The van der Waals surface area contributed by atoms with E-state index in [2.05, 4.69) is 9.97 Å². The van der Waals surface area contributed by atoms with Crippen molar-refractivity contribution >= 4 is 5.97 Å². The molecule has 0 fully saturated rings. The quantitative estimate of drug-likeness (QED) is 0.804. The number of rotatable bonds is 4. The minimum Gasteiger partial charge on any atom is -0.481 e. The summed E-state index contributed by atoms with van der Waals surface area (Å²) >= 11 is 0. The highest BCUT2D eigenvalue weighted by molar-refractivity contribution is 5.69. The predicted octanol–water partition coefficient (Wildman–Crippen LogP) is 1.88. The van der Waals surface area contributed by atoms with Gasteiger partial charge >= 0.3 is 5.97 Å². The van der Waals surface area contributed by atoms with E-state index in [1.54, 1.807) is 6.92 Å². The first kappa shape index (κ1) is 11.7. The largest absolute Gasteiger partial charge is 0.481 e. The van der Waals surface area contributed by atoms with Gasteiger partial charge in [0.15, 0.2) is 5.67 Å². The second kappa shape index (κ2) is 4.00. The fourth-order valence-electron chi connectivity index (χ4n) is 1.18. The summed E-state index contributed by atoms with van der Waals surface area (Å²) in [5.41, 5.74) is -0.879. The van der Waals surface area contributed by atoms with Crippen molar-refractivity contribution in [2.45, 2.75) is 32.9 Å². The first-order valence-electron chi connectivity index (χ1n) is 4.77. The molecule has 0 bridgehead atoms. The molecule has 15 heavy (non-hydrogen) atoms. The molecule has 84 valence electrons. The average Bonchev–Trinajstić information content (AvgIpc) is 2.51. The first-order valence-corrected chi connectivity index (χ1v) is 4.77. The van der Waals surface area contributed by atoms with Gasteiger partial charge in [0.05, 0.1) is 5.92 Å². The number of carbonyl (C=O) groups is 1. The van der Waals surface area contributed by atoms with Crippen LogP contribution in [0.5, 0.6) is 0 Å². The van der Waals surface area contributed by atoms with Crippen LogP contribution in [-0.4, -0.2) is 21.0 Å². The summed E-state index contributed by atoms with van der Waals surface area (Å²) in [4.78, 5) is 17.3. The molecule has 0 saturated carbocycles. The maximum atomic E-state index is 13.4. The highest BCUT2D eigenvalue weighted by Gasteiger charge is 2.23. The van der Waals surface area contributed by atoms with E-state index in [0.717, 1.165) is 0 Å². The maximum absolute atomic E-state index is 13.4. The number of aliphatic carboxylic acids is 1. The van der Waals surface area contributed by atoms with Crippen molar-refractivity contribution in [1.29, 1.82) is 0 Å². The van der Waals surface area contributed by atoms with Gasteiger partial charge in [0.25, 0.3) is 0 Å². The number of nitrogens with one attached hydrogen (secondary N) is 1. The molecule has 1 rings (SSSR count). The average molecular weight is 214 g/mol. The zero-order chi connectivity index (χ0) is 11.6. The number of imidazole rings is 1. The summed E-state index contributed by atoms with van der Waals surface area (Å²) in [7, 11) is 0. The van der Waals surface area contributed by atoms with Gasteiger partial charge in [-0.25, -0.2) is 9.37 Å². The summed E-state index contributed by atoms with van der Waals surface area (Å²) in [6, 6.07) is 0. The fourth-order valence-corrected chi connectivity index (χ4v) is 1.18. The van der Waals surface area contributed by atoms with Crippen molar-refractivity contribution in [3.8, 4) is 0 Å². The van der Waals surface area contributed by atoms with E-state index in [4.69, 9.17) is 5.11 Å². The lowest BCUT2D eigenvalue weighted by atomic mass is 10.1. The van der Waals surface area contributed by atoms with Gasteiger partial charge in [-0.05, 0) is 13.8 Å². The number of carboxylic acids is 1. The van der Waals surface area contributed by atoms with E-state index in [9.17, 15) is 9.18 Å². The molecule has 2 N–H and O–H groups in total. The molecule has 0 aliphatic rings. The molecule has 1 heterocycles. The number of carboxylic acid groups (broad SMARTS) is 1. The van der Waals surface area contributed by atoms with Crippen molar-refractivity contribution in [3.63, 3.8) is 0 Å². The fraction of sp³-hybridized carbons (Fsp3) is 0.600. The second-order valence-corrected chi connectivity index (χ2v) is 4.17. The lowest BCUT2D eigenvalue weighted by molar-refractivity contribution is -0.141. The molecule has 0 saturated heterocycles. The van der Waals surface area contributed by atoms with Crippen LogP contribution in [0.25, 0.3) is 0 Å². The standard InChI is InChI=1S/C10H15FN2O2/c1-6(8(14)15)4-7-5-12-9(13-7)10(2,3)11/h5-6H,4H2,1-3H3,(H,12,13)(H,14,15). The lowest BCUT2D eigenvalue weighted by Gasteiger charge is -2.09. The van der Waals surface area contributed by atoms with Crippen LogP contribution < -0.4 is 0 Å². The predicted molar refractivity (Wildman–Crippen MR) is 53.2 cm³/mol. The van der Waals surface area contributed by atoms with Crippen LogP contribution in [-0.2, 0) is 16.9 Å². The third-order valence-corrected chi connectivity index (χ3v) is 2.14. The molecule has 1 unspecified atom stereocenters. The first-order chi connectivity index (χ1) is 6.80. The molecule has 0 spiro atoms. The Morgan fingerprint density at radius 3 is 2.73 bits per heavy atom. The van der Waals surface area contributed by atoms with Gasteiger partial charge < -0.3 is 10.1 Å². The van der Waals surface area contributed by atoms with Gasteiger partial charge in [-0.1, -0.05) is 6.92 Å². The Balaban J connectivity index is 2.73. The molecule has 0 radical (unpaired) electrons. The molecular weight excluding hydrogens is 199 g/mol. The molecule has 0 aromatic carbocycles. The normalized spacial score (nSPS) is 13.9. The second-order valence-electron chi connectivity index (χ2n) is 4.17. The Morgan fingerprint density at radius 2 is 2.33 bits per heavy atom. The number of hydrogen-bond acceptors (Lipinski definition) is 2. The summed E-state index contributed by atoms with van der Waals surface area (Å²) < 4.78 is 13.4. The van der Waals surface area contributed by atoms with Gasteiger partial charge in [-0.15, -0.1) is 0 Å². The molecular formula is C10H15FN2O2. The zero-order valence-electron chi connectivity index (χ0n) is 9.04. The van der Waals surface area contributed by atoms with E-state index in [-0.39, 0.29) is 5.82 Å². The van der Waals surface area contributed by atoms with Crippen LogP contribution in [0.1, 0.15) is 32.3 Å². The van der Waals surface area contributed by atoms with Crippen LogP contribution in [0.15, 0.2) is 6.20 Å². The van der Waals surface area contributed by atoms with Gasteiger partial charge in [0.2, 0.25) is 0 Å². The third kappa shape index (κ3) is 3.04. The zero-order valence-corrected chi connectivity index (χ0v) is 9.04. The number of halogens is 1. The Labute approximate surface area is 87.5 Å². The number of hydrogen-bond donors (Lipinski definition) is 2. The van der Waals surface area contributed by atoms with Crippen LogP contribution in [0.2, 0.25) is 0 Å². The smallest absolute Gasteiger partial charge is 0.306 e. The summed E-state index contributed by atoms with van der Waals surface area (Å²) in [5, 5.41) is 8.70. The van der Waals surface area contributed by atoms with Crippen molar-refractivity contribution < 1.29 is 14.3 Å². The molecule has 0 aliphatic carbocycles. The molecule has 4 nitrogen and oxygen atoms in total. The third-order valence-electron chi connectivity index (χ3n) is 2.14. The molecule has 1 aromatic rings. The number of aromatic amines is 1.